The van der Waals surface area contributed by atoms with Crippen LogP contribution in [0.3, 0.4) is 0 Å². The molecule has 0 amide bonds. The van der Waals surface area contributed by atoms with Gasteiger partial charge in [0, 0.05) is 16.4 Å². The van der Waals surface area contributed by atoms with Crippen molar-refractivity contribution in [3.05, 3.63) is 144 Å². The van der Waals surface area contributed by atoms with E-state index in [1.165, 1.54) is 22.5 Å². The van der Waals surface area contributed by atoms with Gasteiger partial charge in [-0.25, -0.2) is 0 Å². The van der Waals surface area contributed by atoms with Crippen molar-refractivity contribution < 1.29 is 18.0 Å². The summed E-state index contributed by atoms with van der Waals surface area (Å²) in [7, 11) is -2.75. The second-order valence-corrected chi connectivity index (χ2v) is 19.5. The lowest BCUT2D eigenvalue weighted by Gasteiger charge is -2.54. The minimum atomic E-state index is -4.43. The van der Waals surface area contributed by atoms with Crippen LogP contribution in [0, 0.1) is 11.3 Å². The Bertz CT molecular complexity index is 1840. The van der Waals surface area contributed by atoms with Crippen LogP contribution in [0.2, 0.25) is 11.1 Å². The first-order valence-corrected chi connectivity index (χ1v) is 18.4. The summed E-state index contributed by atoms with van der Waals surface area (Å²) in [6.45, 7) is 6.95. The zero-order valence-corrected chi connectivity index (χ0v) is 27.6. The van der Waals surface area contributed by atoms with Crippen LogP contribution in [0.25, 0.3) is 10.8 Å². The van der Waals surface area contributed by atoms with Gasteiger partial charge in [-0.15, -0.1) is 0 Å². The third-order valence-corrected chi connectivity index (χ3v) is 17.8. The molecular weight excluding hydrogens is 594 g/mol. The molecule has 0 spiro atoms. The fourth-order valence-electron chi connectivity index (χ4n) is 9.27. The number of carbonyl (C=O) groups is 1. The summed E-state index contributed by atoms with van der Waals surface area (Å²) < 4.78 is 41.6. The van der Waals surface area contributed by atoms with E-state index in [4.69, 9.17) is 0 Å². The number of rotatable bonds is 7. The van der Waals surface area contributed by atoms with Gasteiger partial charge in [0.15, 0.2) is 5.78 Å². The Morgan fingerprint density at radius 2 is 1.24 bits per heavy atom. The van der Waals surface area contributed by atoms with Crippen LogP contribution in [-0.2, 0) is 11.6 Å². The molecule has 0 N–H and O–H groups in total. The summed E-state index contributed by atoms with van der Waals surface area (Å²) in [4.78, 5) is 15.1. The Morgan fingerprint density at radius 1 is 0.696 bits per heavy atom. The molecule has 0 heterocycles. The van der Waals surface area contributed by atoms with Crippen molar-refractivity contribution in [2.24, 2.45) is 11.3 Å². The highest BCUT2D eigenvalue weighted by molar-refractivity contribution is 7.04. The Balaban J connectivity index is 1.48. The molecule has 5 heteroatoms. The standard InChI is InChI=1S/C41H39F3OSi/c1-38(2,3)46(35-14-6-4-7-15-35,36-16-8-5-9-17-36)28-40(33-20-22-34(23-21-33)41(42,43)44)27-29-25-39(40,26-29)37(45)32-19-18-30-12-10-11-13-31(30)24-32/h4-24,29H,25-28H2,1-3H3/t29?,39?,40-/m0/s1. The third-order valence-electron chi connectivity index (χ3n) is 11.4. The fourth-order valence-corrected chi connectivity index (χ4v) is 15.4. The molecule has 5 aromatic carbocycles. The van der Waals surface area contributed by atoms with Gasteiger partial charge in [-0.3, -0.25) is 4.79 Å². The van der Waals surface area contributed by atoms with Gasteiger partial charge in [-0.1, -0.05) is 140 Å². The van der Waals surface area contributed by atoms with Crippen molar-refractivity contribution in [3.63, 3.8) is 0 Å². The van der Waals surface area contributed by atoms with E-state index >= 15 is 4.79 Å². The smallest absolute Gasteiger partial charge is 0.294 e. The minimum Gasteiger partial charge on any atom is -0.294 e. The fraction of sp³-hybridized carbons (Fsp3) is 0.293. The lowest BCUT2D eigenvalue weighted by Crippen LogP contribution is -2.68. The van der Waals surface area contributed by atoms with E-state index in [0.717, 1.165) is 41.6 Å². The van der Waals surface area contributed by atoms with Crippen molar-refractivity contribution in [2.75, 3.05) is 0 Å². The second-order valence-electron chi connectivity index (χ2n) is 14.7. The number of carbonyl (C=O) groups excluding carboxylic acids is 1. The van der Waals surface area contributed by atoms with Crippen molar-refractivity contribution in [2.45, 2.75) is 62.7 Å². The van der Waals surface area contributed by atoms with E-state index in [1.807, 2.05) is 54.6 Å². The molecule has 46 heavy (non-hydrogen) atoms. The van der Waals surface area contributed by atoms with E-state index in [-0.39, 0.29) is 10.8 Å². The molecular formula is C41H39F3OSi. The maximum Gasteiger partial charge on any atom is 0.416 e. The van der Waals surface area contributed by atoms with Crippen molar-refractivity contribution in [3.8, 4) is 0 Å². The molecule has 3 aliphatic rings. The Morgan fingerprint density at radius 3 is 1.78 bits per heavy atom. The van der Waals surface area contributed by atoms with Gasteiger partial charge in [0.05, 0.1) is 5.56 Å². The van der Waals surface area contributed by atoms with Crippen LogP contribution >= 0.6 is 0 Å². The number of hydrogen-bond acceptors (Lipinski definition) is 1. The molecule has 8 rings (SSSR count). The van der Waals surface area contributed by atoms with E-state index < -0.39 is 30.6 Å². The van der Waals surface area contributed by atoms with Crippen LogP contribution in [-0.4, -0.2) is 13.9 Å². The summed E-state index contributed by atoms with van der Waals surface area (Å²) in [5, 5.41) is 4.51. The Kier molecular flexibility index (Phi) is 7.20. The van der Waals surface area contributed by atoms with Gasteiger partial charge < -0.3 is 0 Å². The highest BCUT2D eigenvalue weighted by Gasteiger charge is 2.72. The third kappa shape index (κ3) is 4.61. The summed E-state index contributed by atoms with van der Waals surface area (Å²) in [5.41, 5.74) is -0.430. The first kappa shape index (κ1) is 30.7. The zero-order chi connectivity index (χ0) is 32.4. The highest BCUT2D eigenvalue weighted by Crippen LogP contribution is 2.73. The summed E-state index contributed by atoms with van der Waals surface area (Å²) in [6, 6.07) is 42.0. The largest absolute Gasteiger partial charge is 0.416 e. The van der Waals surface area contributed by atoms with Crippen LogP contribution < -0.4 is 10.4 Å². The second kappa shape index (κ2) is 10.8. The molecule has 1 atom stereocenters. The molecule has 0 unspecified atom stereocenters. The lowest BCUT2D eigenvalue weighted by atomic mass is 9.55. The first-order chi connectivity index (χ1) is 21.9. The maximum atomic E-state index is 15.1. The van der Waals surface area contributed by atoms with E-state index in [2.05, 4.69) is 69.3 Å². The predicted octanol–water partition coefficient (Wildman–Crippen LogP) is 9.84. The van der Waals surface area contributed by atoms with Crippen LogP contribution in [0.4, 0.5) is 13.2 Å². The molecule has 5 aromatic rings. The maximum absolute atomic E-state index is 15.1. The Labute approximate surface area is 270 Å². The van der Waals surface area contributed by atoms with E-state index in [0.29, 0.717) is 11.5 Å². The van der Waals surface area contributed by atoms with Gasteiger partial charge in [-0.2, -0.15) is 13.2 Å². The first-order valence-electron chi connectivity index (χ1n) is 16.2. The average Bonchev–Trinajstić information content (AvgIpc) is 3.54. The van der Waals surface area contributed by atoms with Gasteiger partial charge in [-0.05, 0) is 70.8 Å². The van der Waals surface area contributed by atoms with Crippen molar-refractivity contribution >= 4 is 35.0 Å². The number of Topliss-reactive ketones (excluding diaryl/α,β-unsaturated/α-hetero) is 1. The predicted molar refractivity (Wildman–Crippen MR) is 184 cm³/mol. The number of alkyl halides is 3. The van der Waals surface area contributed by atoms with Gasteiger partial charge >= 0.3 is 6.18 Å². The van der Waals surface area contributed by atoms with Crippen molar-refractivity contribution in [1.29, 1.82) is 0 Å². The highest BCUT2D eigenvalue weighted by atomic mass is 28.3. The summed E-state index contributed by atoms with van der Waals surface area (Å²) in [6.07, 6.45) is -2.11. The lowest BCUT2D eigenvalue weighted by molar-refractivity contribution is -0.137. The number of halogens is 3. The van der Waals surface area contributed by atoms with Crippen molar-refractivity contribution in [1.82, 2.24) is 0 Å². The molecule has 234 valence electrons. The van der Waals surface area contributed by atoms with E-state index in [9.17, 15) is 13.2 Å². The van der Waals surface area contributed by atoms with Crippen LogP contribution in [0.15, 0.2) is 127 Å². The summed E-state index contributed by atoms with van der Waals surface area (Å²) in [5.74, 6) is 0.481. The Hall–Kier alpha value is -3.96. The molecule has 3 aliphatic carbocycles. The van der Waals surface area contributed by atoms with Crippen LogP contribution in [0.1, 0.15) is 61.5 Å². The normalized spacial score (nSPS) is 22.9. The van der Waals surface area contributed by atoms with Crippen LogP contribution in [0.5, 0.6) is 0 Å². The zero-order valence-electron chi connectivity index (χ0n) is 26.6. The molecule has 0 radical (unpaired) electrons. The number of benzene rings is 5. The SMILES string of the molecule is CC(C)(C)[Si](C[C@]1(c2ccc(C(F)(F)F)cc2)CC2CC1(C(=O)c1ccc3ccccc3c1)C2)(c1ccccc1)c1ccccc1. The molecule has 0 aromatic heterocycles. The molecule has 0 aliphatic heterocycles. The minimum absolute atomic E-state index is 0.129. The summed E-state index contributed by atoms with van der Waals surface area (Å²) >= 11 is 0. The molecule has 3 saturated carbocycles. The van der Waals surface area contributed by atoms with Gasteiger partial charge in [0.1, 0.15) is 8.07 Å². The van der Waals surface area contributed by atoms with Gasteiger partial charge in [0.25, 0.3) is 0 Å². The quantitative estimate of drug-likeness (QED) is 0.129. The van der Waals surface area contributed by atoms with Gasteiger partial charge in [0.2, 0.25) is 0 Å². The molecule has 2 bridgehead atoms. The number of fused-ring (bicyclic) bond motifs is 2. The van der Waals surface area contributed by atoms with E-state index in [1.54, 1.807) is 12.1 Å². The molecule has 3 fully saturated rings. The average molecular weight is 633 g/mol. The monoisotopic (exact) mass is 632 g/mol. The topological polar surface area (TPSA) is 17.1 Å². The number of hydrogen-bond donors (Lipinski definition) is 0. The molecule has 1 nitrogen and oxygen atoms in total. The number of ketones is 1. The molecule has 0 saturated heterocycles.